The van der Waals surface area contributed by atoms with E-state index in [1.165, 1.54) is 32.2 Å². The monoisotopic (exact) mass is 376 g/mol. The van der Waals surface area contributed by atoms with Crippen LogP contribution in [0.15, 0.2) is 12.4 Å². The van der Waals surface area contributed by atoms with Crippen LogP contribution in [0.25, 0.3) is 0 Å². The summed E-state index contributed by atoms with van der Waals surface area (Å²) in [5.41, 5.74) is 0. The maximum atomic E-state index is 9.51. The number of hydrogen-bond acceptors (Lipinski definition) is 8. The number of unbranched alkanes of at least 4 members (excludes halogenated alkanes) is 3. The van der Waals surface area contributed by atoms with Gasteiger partial charge < -0.3 is 9.80 Å². The third-order valence-corrected chi connectivity index (χ3v) is 3.60. The van der Waals surface area contributed by atoms with Crippen molar-refractivity contribution in [1.29, 1.82) is 0 Å². The average Bonchev–Trinajstić information content (AvgIpc) is 2.73. The van der Waals surface area contributed by atoms with Crippen molar-refractivity contribution in [3.8, 4) is 0 Å². The molecule has 12 heteroatoms. The van der Waals surface area contributed by atoms with Crippen LogP contribution in [0.1, 0.15) is 39.5 Å². The van der Waals surface area contributed by atoms with E-state index in [9.17, 15) is 16.8 Å². The second-order valence-electron chi connectivity index (χ2n) is 4.89. The minimum atomic E-state index is -5.02. The fraction of sp³-hybridized carbons (Fsp3) is 0.818. The van der Waals surface area contributed by atoms with Gasteiger partial charge in [-0.25, -0.2) is 0 Å². The lowest BCUT2D eigenvalue weighted by molar-refractivity contribution is -0.105. The Morgan fingerprint density at radius 3 is 1.87 bits per heavy atom. The first-order chi connectivity index (χ1) is 10.5. The quantitative estimate of drug-likeness (QED) is 0.275. The molecule has 0 aromatic carbocycles. The van der Waals surface area contributed by atoms with Crippen LogP contribution in [0.2, 0.25) is 0 Å². The van der Waals surface area contributed by atoms with Gasteiger partial charge in [0.05, 0.1) is 6.17 Å². The summed E-state index contributed by atoms with van der Waals surface area (Å²) in [7, 11) is -7.91. The number of rotatable bonds is 8. The predicted molar refractivity (Wildman–Crippen MR) is 82.5 cm³/mol. The van der Waals surface area contributed by atoms with Gasteiger partial charge in [0.2, 0.25) is 0 Å². The molecule has 1 aliphatic rings. The van der Waals surface area contributed by atoms with E-state index in [4.69, 9.17) is 9.11 Å². The number of hydrogen-bond donors (Lipinski definition) is 2. The highest BCUT2D eigenvalue weighted by Crippen LogP contribution is 2.14. The zero-order chi connectivity index (χ0) is 18.1. The van der Waals surface area contributed by atoms with Crippen LogP contribution < -0.4 is 0 Å². The van der Waals surface area contributed by atoms with Crippen molar-refractivity contribution in [2.45, 2.75) is 45.7 Å². The molecule has 2 N–H and O–H groups in total. The van der Waals surface area contributed by atoms with Crippen LogP contribution in [0, 0.1) is 0 Å². The van der Waals surface area contributed by atoms with Gasteiger partial charge in [-0.05, 0) is 13.3 Å². The van der Waals surface area contributed by atoms with Crippen molar-refractivity contribution in [2.75, 3.05) is 13.6 Å². The molecule has 1 aliphatic heterocycles. The van der Waals surface area contributed by atoms with Gasteiger partial charge in [0.15, 0.2) is 0 Å². The van der Waals surface area contributed by atoms with Crippen molar-refractivity contribution in [2.24, 2.45) is 0 Å². The molecule has 1 atom stereocenters. The van der Waals surface area contributed by atoms with Crippen LogP contribution in [0.4, 0.5) is 0 Å². The SMILES string of the molecule is CCCCCCN1C=CN(C)C1C.O=S(=O)(O)OOS(=O)(=O)O. The molecule has 23 heavy (non-hydrogen) atoms. The van der Waals surface area contributed by atoms with Crippen molar-refractivity contribution in [1.82, 2.24) is 9.80 Å². The summed E-state index contributed by atoms with van der Waals surface area (Å²) in [4.78, 5) is 4.66. The molecule has 0 amide bonds. The first-order valence-corrected chi connectivity index (χ1v) is 9.68. The topological polar surface area (TPSA) is 134 Å². The second-order valence-corrected chi connectivity index (χ2v) is 6.87. The molecule has 0 saturated heterocycles. The summed E-state index contributed by atoms with van der Waals surface area (Å²) < 4.78 is 58.9. The molecule has 0 bridgehead atoms. The summed E-state index contributed by atoms with van der Waals surface area (Å²) in [5, 5.41) is 0. The van der Waals surface area contributed by atoms with Crippen LogP contribution >= 0.6 is 0 Å². The van der Waals surface area contributed by atoms with Gasteiger partial charge in [-0.1, -0.05) is 34.9 Å². The van der Waals surface area contributed by atoms with Gasteiger partial charge in [-0.3, -0.25) is 9.11 Å². The molecule has 10 nitrogen and oxygen atoms in total. The molecule has 0 fully saturated rings. The van der Waals surface area contributed by atoms with Crippen molar-refractivity contribution >= 4 is 20.8 Å². The van der Waals surface area contributed by atoms with Crippen molar-refractivity contribution < 1.29 is 34.6 Å². The fourth-order valence-electron chi connectivity index (χ4n) is 1.73. The van der Waals surface area contributed by atoms with Gasteiger partial charge in [0.1, 0.15) is 0 Å². The fourth-order valence-corrected chi connectivity index (χ4v) is 2.29. The van der Waals surface area contributed by atoms with Gasteiger partial charge in [0, 0.05) is 26.0 Å². The highest BCUT2D eigenvalue weighted by molar-refractivity contribution is 7.83. The third kappa shape index (κ3) is 12.2. The molecule has 0 saturated carbocycles. The van der Waals surface area contributed by atoms with Gasteiger partial charge >= 0.3 is 20.8 Å². The van der Waals surface area contributed by atoms with E-state index in [2.05, 4.69) is 51.8 Å². The normalized spacial score (nSPS) is 18.0. The molecule has 0 aliphatic carbocycles. The molecular formula is C11H24N2O8S2. The van der Waals surface area contributed by atoms with Crippen LogP contribution in [0.5, 0.6) is 0 Å². The Kier molecular flexibility index (Phi) is 9.65. The van der Waals surface area contributed by atoms with E-state index in [-0.39, 0.29) is 0 Å². The third-order valence-electron chi connectivity index (χ3n) is 3.03. The standard InChI is InChI=1S/C11H22N2.H2O8S2/c1-4-5-6-7-8-13-10-9-12(3)11(13)2;1-9(2,3)7-8-10(4,5)6/h9-11H,4-8H2,1-3H3;(H,1,2,3)(H,4,5,6). The molecule has 1 heterocycles. The van der Waals surface area contributed by atoms with E-state index in [0.29, 0.717) is 6.17 Å². The zero-order valence-corrected chi connectivity index (χ0v) is 15.0. The highest BCUT2D eigenvalue weighted by Gasteiger charge is 2.17. The average molecular weight is 376 g/mol. The summed E-state index contributed by atoms with van der Waals surface area (Å²) in [6.45, 7) is 5.72. The maximum Gasteiger partial charge on any atom is 0.425 e. The minimum absolute atomic E-state index is 0.557. The lowest BCUT2D eigenvalue weighted by Crippen LogP contribution is -2.34. The molecule has 1 rings (SSSR count). The first kappa shape index (κ1) is 22.1. The first-order valence-electron chi connectivity index (χ1n) is 6.95. The Morgan fingerprint density at radius 2 is 1.52 bits per heavy atom. The van der Waals surface area contributed by atoms with Crippen molar-refractivity contribution in [3.63, 3.8) is 0 Å². The smallest absolute Gasteiger partial charge is 0.359 e. The van der Waals surface area contributed by atoms with Crippen LogP contribution in [-0.2, 0) is 29.5 Å². The Hall–Kier alpha value is -0.920. The van der Waals surface area contributed by atoms with Crippen molar-refractivity contribution in [3.05, 3.63) is 12.4 Å². The lowest BCUT2D eigenvalue weighted by Gasteiger charge is -2.26. The summed E-state index contributed by atoms with van der Waals surface area (Å²) in [5.74, 6) is 0. The van der Waals surface area contributed by atoms with E-state index >= 15 is 0 Å². The van der Waals surface area contributed by atoms with E-state index in [1.807, 2.05) is 0 Å². The van der Waals surface area contributed by atoms with Gasteiger partial charge in [-0.15, -0.1) is 0 Å². The zero-order valence-electron chi connectivity index (χ0n) is 13.3. The van der Waals surface area contributed by atoms with Gasteiger partial charge in [-0.2, -0.15) is 16.8 Å². The van der Waals surface area contributed by atoms with E-state index in [1.54, 1.807) is 0 Å². The Balaban J connectivity index is 0.000000438. The molecular weight excluding hydrogens is 352 g/mol. The molecule has 138 valence electrons. The van der Waals surface area contributed by atoms with Crippen LogP contribution in [0.3, 0.4) is 0 Å². The molecule has 1 unspecified atom stereocenters. The van der Waals surface area contributed by atoms with Crippen LogP contribution in [-0.4, -0.2) is 55.5 Å². The summed E-state index contributed by atoms with van der Waals surface area (Å²) in [6.07, 6.45) is 10.3. The molecule has 0 radical (unpaired) electrons. The minimum Gasteiger partial charge on any atom is -0.359 e. The second kappa shape index (κ2) is 10.1. The molecule has 0 aromatic rings. The largest absolute Gasteiger partial charge is 0.425 e. The van der Waals surface area contributed by atoms with E-state index in [0.717, 1.165) is 0 Å². The Bertz CT molecular complexity index is 529. The molecule has 0 spiro atoms. The van der Waals surface area contributed by atoms with Gasteiger partial charge in [0.25, 0.3) is 0 Å². The van der Waals surface area contributed by atoms with E-state index < -0.39 is 20.8 Å². The highest BCUT2D eigenvalue weighted by atomic mass is 32.3. The predicted octanol–water partition coefficient (Wildman–Crippen LogP) is 1.17. The Labute approximate surface area is 137 Å². The molecule has 0 aromatic heterocycles. The summed E-state index contributed by atoms with van der Waals surface area (Å²) >= 11 is 0. The lowest BCUT2D eigenvalue weighted by atomic mass is 10.2. The maximum absolute atomic E-state index is 9.51. The Morgan fingerprint density at radius 1 is 1.00 bits per heavy atom. The summed E-state index contributed by atoms with van der Waals surface area (Å²) in [6, 6.07) is 0. The number of nitrogens with zero attached hydrogens (tertiary/aromatic N) is 2.